The minimum Gasteiger partial charge on any atom is -0.393 e. The summed E-state index contributed by atoms with van der Waals surface area (Å²) in [6, 6.07) is 26.5. The number of nitrogens with one attached hydrogen (secondary N) is 1. The van der Waals surface area contributed by atoms with Crippen molar-refractivity contribution in [1.29, 1.82) is 0 Å². The van der Waals surface area contributed by atoms with Crippen LogP contribution in [-0.2, 0) is 42.9 Å². The molecule has 0 bridgehead atoms. The molecule has 6 aromatic heterocycles. The molecule has 0 aliphatic heterocycles. The Labute approximate surface area is 545 Å². The zero-order valence-electron chi connectivity index (χ0n) is 49.1. The third-order valence-electron chi connectivity index (χ3n) is 15.1. The van der Waals surface area contributed by atoms with Crippen LogP contribution < -0.4 is 11.1 Å². The third-order valence-corrected chi connectivity index (χ3v) is 23.4. The third kappa shape index (κ3) is 15.4. The summed E-state index contributed by atoms with van der Waals surface area (Å²) >= 11 is 22.9. The quantitative estimate of drug-likeness (QED) is 0.0842. The van der Waals surface area contributed by atoms with E-state index >= 15 is 0 Å². The molecule has 0 unspecified atom stereocenters. The number of aryl methyl sites for hydroxylation is 5. The van der Waals surface area contributed by atoms with E-state index in [0.29, 0.717) is 77.0 Å². The van der Waals surface area contributed by atoms with Gasteiger partial charge in [0.15, 0.2) is 16.9 Å². The molecule has 5 N–H and O–H groups in total. The van der Waals surface area contributed by atoms with E-state index in [1.807, 2.05) is 65.8 Å². The average Bonchev–Trinajstić information content (AvgIpc) is 1.91. The molecule has 2 aliphatic rings. The van der Waals surface area contributed by atoms with Crippen molar-refractivity contribution in [2.75, 3.05) is 5.32 Å². The maximum Gasteiger partial charge on any atom is 0.269 e. The summed E-state index contributed by atoms with van der Waals surface area (Å²) in [5, 5.41) is 25.3. The van der Waals surface area contributed by atoms with Gasteiger partial charge in [-0.05, 0) is 200 Å². The second-order valence-corrected chi connectivity index (χ2v) is 30.5. The number of benzene rings is 3. The number of hydrogen-bond donors (Lipinski definition) is 4. The first kappa shape index (κ1) is 67.9. The molecule has 464 valence electrons. The highest BCUT2D eigenvalue weighted by atomic mass is 79.9. The number of halogens is 5. The van der Waals surface area contributed by atoms with Crippen LogP contribution in [0.25, 0.3) is 39.2 Å². The molecule has 16 nitrogen and oxygen atoms in total. The number of nitrogens with zero attached hydrogens (tertiary/aromatic N) is 6. The van der Waals surface area contributed by atoms with Crippen LogP contribution in [-0.4, -0.2) is 86.6 Å². The first-order chi connectivity index (χ1) is 41.3. The maximum absolute atomic E-state index is 13.6. The number of pyridine rings is 3. The summed E-state index contributed by atoms with van der Waals surface area (Å²) in [5.74, 6) is 0. The highest BCUT2D eigenvalue weighted by Crippen LogP contribution is 2.39. The normalized spacial score (nSPS) is 17.4. The molecule has 2 aliphatic carbocycles. The van der Waals surface area contributed by atoms with Crippen LogP contribution >= 0.6 is 71.0 Å². The summed E-state index contributed by atoms with van der Waals surface area (Å²) in [6.45, 7) is 11.6. The van der Waals surface area contributed by atoms with Gasteiger partial charge >= 0.3 is 0 Å². The smallest absolute Gasteiger partial charge is 0.269 e. The molecule has 0 amide bonds. The van der Waals surface area contributed by atoms with Crippen LogP contribution in [0.15, 0.2) is 144 Å². The molecule has 0 saturated heterocycles. The molecule has 0 atom stereocenters. The highest BCUT2D eigenvalue weighted by Gasteiger charge is 2.29. The summed E-state index contributed by atoms with van der Waals surface area (Å²) in [4.78, 5) is 13.8. The van der Waals surface area contributed by atoms with Crippen molar-refractivity contribution in [1.82, 2.24) is 26.9 Å². The fourth-order valence-corrected chi connectivity index (χ4v) is 16.3. The Morgan fingerprint density at radius 2 is 0.908 bits per heavy atom. The van der Waals surface area contributed by atoms with Gasteiger partial charge in [0.1, 0.15) is 0 Å². The van der Waals surface area contributed by atoms with Gasteiger partial charge in [0.05, 0.1) is 61.7 Å². The predicted octanol–water partition coefficient (Wildman–Crippen LogP) is 15.2. The standard InChI is InChI=1S/C23H28BrN3O3S.C17H16BrClN2O2S.C17H14BrClN2O2S.C6H13NO/c1-3-4-17-13-20-22(26-16-7-9-18(28)10-8-16)21(24)14-25-23(20)27(17)31(29,30)19-11-5-15(2)6-12-19;2*1-3-4-12-9-14-16(19)15(18)10-20-17(14)21(12)24(22,23)13-7-5-11(2)6-8-13;7-5-1-3-6(8)4-2-5/h5-6,11-14,16,18,28H,3-4,7-10H2,1-2H3,(H,25,26);5-10H,3-4H2,1-2H3;3-10H,1-2H3;5-6,8H,1-4,7H2/b;;4-3+;. The number of rotatable bonds is 13. The predicted molar refractivity (Wildman–Crippen MR) is 361 cm³/mol. The Balaban J connectivity index is 0.000000160. The molecule has 24 heteroatoms. The monoisotopic (exact) mass is 1470 g/mol. The van der Waals surface area contributed by atoms with E-state index in [-0.39, 0.29) is 32.9 Å². The van der Waals surface area contributed by atoms with Crippen LogP contribution in [0, 0.1) is 20.8 Å². The van der Waals surface area contributed by atoms with E-state index in [0.717, 1.165) is 102 Å². The van der Waals surface area contributed by atoms with Gasteiger partial charge in [-0.3, -0.25) is 0 Å². The number of aliphatic hydroxyl groups excluding tert-OH is 2. The van der Waals surface area contributed by atoms with Crippen molar-refractivity contribution >= 4 is 146 Å². The van der Waals surface area contributed by atoms with E-state index in [4.69, 9.17) is 34.0 Å². The summed E-state index contributed by atoms with van der Waals surface area (Å²) < 4.78 is 85.9. The van der Waals surface area contributed by atoms with Gasteiger partial charge in [-0.15, -0.1) is 0 Å². The Bertz CT molecular complexity index is 4270. The lowest BCUT2D eigenvalue weighted by Gasteiger charge is -2.27. The number of nitrogens with two attached hydrogens (primary N) is 1. The first-order valence-corrected chi connectivity index (χ1v) is 36.1. The molecule has 9 aromatic rings. The lowest BCUT2D eigenvalue weighted by Crippen LogP contribution is -2.28. The Kier molecular flexibility index (Phi) is 22.9. The van der Waals surface area contributed by atoms with Crippen molar-refractivity contribution in [2.24, 2.45) is 5.73 Å². The van der Waals surface area contributed by atoms with Gasteiger partial charge in [-0.25, -0.2) is 52.1 Å². The van der Waals surface area contributed by atoms with Crippen molar-refractivity contribution in [3.05, 3.63) is 173 Å². The van der Waals surface area contributed by atoms with Gasteiger partial charge in [0.2, 0.25) is 0 Å². The van der Waals surface area contributed by atoms with Crippen molar-refractivity contribution in [2.45, 2.75) is 158 Å². The van der Waals surface area contributed by atoms with Gasteiger partial charge in [0, 0.05) is 58.2 Å². The molecule has 11 rings (SSSR count). The Morgan fingerprint density at radius 1 is 0.552 bits per heavy atom. The number of aliphatic hydroxyl groups is 2. The summed E-state index contributed by atoms with van der Waals surface area (Å²) in [5.41, 5.74) is 12.5. The van der Waals surface area contributed by atoms with Crippen LogP contribution in [0.1, 0.15) is 119 Å². The number of fused-ring (bicyclic) bond motifs is 3. The maximum atomic E-state index is 13.6. The van der Waals surface area contributed by atoms with Crippen molar-refractivity contribution < 1.29 is 35.5 Å². The molecular formula is C63H71Br3Cl2N8O8S3. The number of allylic oxidation sites excluding steroid dienone is 1. The number of hydrogen-bond acceptors (Lipinski definition) is 13. The fraction of sp³-hybridized carbons (Fsp3) is 0.349. The SMILES string of the molecule is C/C=C/c1cc2c(Cl)c(Br)cnc2n1S(=O)(=O)c1ccc(C)cc1.CCCc1cc2c(Cl)c(Br)cnc2n1S(=O)(=O)c1ccc(C)cc1.CCCc1cc2c(NC3CCC(O)CC3)c(Br)cnc2n1S(=O)(=O)c1ccc(C)cc1.NC1CCC(O)CC1. The molecule has 0 spiro atoms. The van der Waals surface area contributed by atoms with Gasteiger partial charge < -0.3 is 21.3 Å². The number of aromatic nitrogens is 6. The minimum atomic E-state index is -3.79. The molecule has 6 heterocycles. The Morgan fingerprint density at radius 3 is 1.31 bits per heavy atom. The van der Waals surface area contributed by atoms with Crippen LogP contribution in [0.3, 0.4) is 0 Å². The molecule has 3 aromatic carbocycles. The van der Waals surface area contributed by atoms with Gasteiger partial charge in [-0.2, -0.15) is 0 Å². The van der Waals surface area contributed by atoms with E-state index in [2.05, 4.69) is 68.1 Å². The molecule has 0 radical (unpaired) electrons. The second kappa shape index (κ2) is 29.3. The molecule has 2 fully saturated rings. The molecule has 87 heavy (non-hydrogen) atoms. The minimum absolute atomic E-state index is 0.0604. The van der Waals surface area contributed by atoms with E-state index < -0.39 is 30.1 Å². The summed E-state index contributed by atoms with van der Waals surface area (Å²) in [7, 11) is -11.3. The zero-order chi connectivity index (χ0) is 63.1. The van der Waals surface area contributed by atoms with Crippen molar-refractivity contribution in [3.63, 3.8) is 0 Å². The highest BCUT2D eigenvalue weighted by molar-refractivity contribution is 9.11. The largest absolute Gasteiger partial charge is 0.393 e. The molecular weight excluding hydrogens is 1400 g/mol. The second-order valence-electron chi connectivity index (χ2n) is 21.8. The van der Waals surface area contributed by atoms with E-state index in [1.165, 1.54) is 24.3 Å². The summed E-state index contributed by atoms with van der Waals surface area (Å²) in [6.07, 6.45) is 17.9. The van der Waals surface area contributed by atoms with E-state index in [1.54, 1.807) is 85.1 Å². The van der Waals surface area contributed by atoms with Crippen LogP contribution in [0.5, 0.6) is 0 Å². The van der Waals surface area contributed by atoms with E-state index in [9.17, 15) is 30.4 Å². The van der Waals surface area contributed by atoms with Gasteiger partial charge in [-0.1, -0.05) is 109 Å². The van der Waals surface area contributed by atoms with Gasteiger partial charge in [0.25, 0.3) is 30.1 Å². The van der Waals surface area contributed by atoms with Crippen LogP contribution in [0.4, 0.5) is 5.69 Å². The average molecular weight is 1480 g/mol. The molecule has 2 saturated carbocycles. The Hall–Kier alpha value is -4.98. The van der Waals surface area contributed by atoms with Crippen molar-refractivity contribution in [3.8, 4) is 0 Å². The van der Waals surface area contributed by atoms with Crippen LogP contribution in [0.2, 0.25) is 10.0 Å². The zero-order valence-corrected chi connectivity index (χ0v) is 57.8. The lowest BCUT2D eigenvalue weighted by atomic mass is 9.93. The fourth-order valence-electron chi connectivity index (χ4n) is 10.4. The lowest BCUT2D eigenvalue weighted by molar-refractivity contribution is 0.123. The first-order valence-electron chi connectivity index (χ1n) is 28.7. The number of anilines is 1. The topological polar surface area (TPSA) is 234 Å².